The van der Waals surface area contributed by atoms with Crippen LogP contribution in [0.2, 0.25) is 0 Å². The molecule has 0 spiro atoms. The van der Waals surface area contributed by atoms with Crippen LogP contribution < -0.4 is 10.6 Å². The number of nitro groups is 1. The second-order valence-electron chi connectivity index (χ2n) is 5.02. The number of benzene rings is 1. The van der Waals surface area contributed by atoms with Crippen molar-refractivity contribution in [3.05, 3.63) is 32.5 Å². The van der Waals surface area contributed by atoms with Crippen molar-refractivity contribution in [1.29, 1.82) is 0 Å². The van der Waals surface area contributed by atoms with E-state index in [0.29, 0.717) is 6.04 Å². The van der Waals surface area contributed by atoms with Gasteiger partial charge in [-0.1, -0.05) is 0 Å². The van der Waals surface area contributed by atoms with Crippen LogP contribution in [0.5, 0.6) is 0 Å². The minimum absolute atomic E-state index is 0.103. The second-order valence-corrected chi connectivity index (χ2v) is 5.88. The van der Waals surface area contributed by atoms with Crippen molar-refractivity contribution in [2.45, 2.75) is 37.8 Å². The van der Waals surface area contributed by atoms with Crippen molar-refractivity contribution >= 4 is 27.3 Å². The molecular formula is C13H17BrFN3O2. The van der Waals surface area contributed by atoms with E-state index in [9.17, 15) is 14.5 Å². The molecule has 0 bridgehead atoms. The number of anilines is 1. The number of rotatable bonds is 4. The molecule has 0 atom stereocenters. The van der Waals surface area contributed by atoms with E-state index in [1.165, 1.54) is 12.1 Å². The predicted octanol–water partition coefficient (Wildman–Crippen LogP) is 3.44. The zero-order valence-electron chi connectivity index (χ0n) is 11.2. The maximum absolute atomic E-state index is 13.6. The van der Waals surface area contributed by atoms with Crippen molar-refractivity contribution in [2.75, 3.05) is 12.4 Å². The number of nitrogens with zero attached hydrogens (tertiary/aromatic N) is 1. The summed E-state index contributed by atoms with van der Waals surface area (Å²) in [6.07, 6.45) is 3.86. The molecule has 1 aromatic rings. The lowest BCUT2D eigenvalue weighted by molar-refractivity contribution is -0.384. The van der Waals surface area contributed by atoms with Crippen LogP contribution in [0.15, 0.2) is 16.6 Å². The summed E-state index contributed by atoms with van der Waals surface area (Å²) in [6.45, 7) is 0. The third-order valence-corrected chi connectivity index (χ3v) is 4.34. The lowest BCUT2D eigenvalue weighted by Crippen LogP contribution is -2.35. The van der Waals surface area contributed by atoms with Crippen LogP contribution in [0, 0.1) is 15.9 Å². The summed E-state index contributed by atoms with van der Waals surface area (Å²) in [6, 6.07) is 3.05. The van der Waals surface area contributed by atoms with Crippen LogP contribution in [0.25, 0.3) is 0 Å². The molecule has 0 aliphatic heterocycles. The normalized spacial score (nSPS) is 22.6. The summed E-state index contributed by atoms with van der Waals surface area (Å²) in [5, 5.41) is 17.4. The topological polar surface area (TPSA) is 67.2 Å². The van der Waals surface area contributed by atoms with E-state index in [0.717, 1.165) is 25.7 Å². The van der Waals surface area contributed by atoms with Crippen LogP contribution in [0.1, 0.15) is 25.7 Å². The highest BCUT2D eigenvalue weighted by Crippen LogP contribution is 2.32. The largest absolute Gasteiger partial charge is 0.377 e. The highest BCUT2D eigenvalue weighted by molar-refractivity contribution is 9.10. The number of hydrogen-bond donors (Lipinski definition) is 2. The quantitative estimate of drug-likeness (QED) is 0.647. The number of nitro benzene ring substituents is 1. The Balaban J connectivity index is 2.13. The summed E-state index contributed by atoms with van der Waals surface area (Å²) in [7, 11) is 1.94. The van der Waals surface area contributed by atoms with Gasteiger partial charge in [0.25, 0.3) is 5.69 Å². The van der Waals surface area contributed by atoms with Crippen molar-refractivity contribution in [3.63, 3.8) is 0 Å². The molecule has 110 valence electrons. The number of halogens is 2. The van der Waals surface area contributed by atoms with Crippen LogP contribution in [-0.4, -0.2) is 24.1 Å². The van der Waals surface area contributed by atoms with Gasteiger partial charge in [0.2, 0.25) is 0 Å². The first-order valence-corrected chi connectivity index (χ1v) is 7.37. The smallest absolute Gasteiger partial charge is 0.293 e. The van der Waals surface area contributed by atoms with Gasteiger partial charge in [-0.05, 0) is 48.7 Å². The van der Waals surface area contributed by atoms with Gasteiger partial charge >= 0.3 is 0 Å². The average molecular weight is 346 g/mol. The zero-order chi connectivity index (χ0) is 14.7. The van der Waals surface area contributed by atoms with Gasteiger partial charge in [0.15, 0.2) is 0 Å². The van der Waals surface area contributed by atoms with E-state index in [1.807, 2.05) is 7.05 Å². The molecule has 5 nitrogen and oxygen atoms in total. The van der Waals surface area contributed by atoms with Crippen molar-refractivity contribution in [3.8, 4) is 0 Å². The third kappa shape index (κ3) is 3.46. The number of nitrogens with one attached hydrogen (secondary N) is 2. The fourth-order valence-electron chi connectivity index (χ4n) is 2.55. The second kappa shape index (κ2) is 6.49. The molecule has 0 amide bonds. The van der Waals surface area contributed by atoms with Crippen LogP contribution >= 0.6 is 15.9 Å². The molecule has 20 heavy (non-hydrogen) atoms. The third-order valence-electron chi connectivity index (χ3n) is 3.73. The Morgan fingerprint density at radius 3 is 2.45 bits per heavy atom. The molecule has 0 heterocycles. The first-order valence-electron chi connectivity index (χ1n) is 6.58. The molecule has 1 aromatic carbocycles. The fraction of sp³-hybridized carbons (Fsp3) is 0.538. The molecule has 7 heteroatoms. The molecule has 0 unspecified atom stereocenters. The van der Waals surface area contributed by atoms with E-state index >= 15 is 0 Å². The van der Waals surface area contributed by atoms with Crippen LogP contribution in [0.4, 0.5) is 15.8 Å². The number of hydrogen-bond acceptors (Lipinski definition) is 4. The molecule has 1 aliphatic carbocycles. The first kappa shape index (κ1) is 15.2. The lowest BCUT2D eigenvalue weighted by Gasteiger charge is -2.29. The van der Waals surface area contributed by atoms with Crippen molar-refractivity contribution in [2.24, 2.45) is 0 Å². The molecular weight excluding hydrogens is 329 g/mol. The van der Waals surface area contributed by atoms with Gasteiger partial charge in [-0.15, -0.1) is 0 Å². The lowest BCUT2D eigenvalue weighted by atomic mass is 9.91. The molecule has 0 aromatic heterocycles. The average Bonchev–Trinajstić information content (AvgIpc) is 2.43. The summed E-state index contributed by atoms with van der Waals surface area (Å²) < 4.78 is 13.7. The van der Waals surface area contributed by atoms with E-state index in [4.69, 9.17) is 0 Å². The minimum atomic E-state index is -0.498. The van der Waals surface area contributed by atoms with Gasteiger partial charge in [0.05, 0.1) is 9.40 Å². The minimum Gasteiger partial charge on any atom is -0.377 e. The van der Waals surface area contributed by atoms with Crippen LogP contribution in [0.3, 0.4) is 0 Å². The fourth-order valence-corrected chi connectivity index (χ4v) is 2.88. The van der Waals surface area contributed by atoms with Gasteiger partial charge in [-0.3, -0.25) is 10.1 Å². The Kier molecular flexibility index (Phi) is 4.93. The molecule has 1 fully saturated rings. The molecule has 1 aliphatic rings. The van der Waals surface area contributed by atoms with Crippen molar-refractivity contribution < 1.29 is 9.31 Å². The Morgan fingerprint density at radius 1 is 1.30 bits per heavy atom. The highest BCUT2D eigenvalue weighted by Gasteiger charge is 2.24. The van der Waals surface area contributed by atoms with Gasteiger partial charge in [0.1, 0.15) is 11.5 Å². The zero-order valence-corrected chi connectivity index (χ0v) is 12.7. The maximum Gasteiger partial charge on any atom is 0.293 e. The van der Waals surface area contributed by atoms with E-state index < -0.39 is 10.7 Å². The van der Waals surface area contributed by atoms with Crippen molar-refractivity contribution in [1.82, 2.24) is 5.32 Å². The Bertz CT molecular complexity index is 505. The standard InChI is InChI=1S/C13H17BrFN3O2/c1-16-8-2-4-9(5-3-8)17-12-7-11(15)10(14)6-13(12)18(19)20/h6-9,16-17H,2-5H2,1H3. The van der Waals surface area contributed by atoms with E-state index in [-0.39, 0.29) is 21.9 Å². The Hall–Kier alpha value is -1.21. The van der Waals surface area contributed by atoms with Gasteiger partial charge < -0.3 is 10.6 Å². The highest BCUT2D eigenvalue weighted by atomic mass is 79.9. The van der Waals surface area contributed by atoms with Gasteiger partial charge in [-0.25, -0.2) is 4.39 Å². The van der Waals surface area contributed by atoms with E-state index in [1.54, 1.807) is 0 Å². The Morgan fingerprint density at radius 2 is 1.90 bits per heavy atom. The summed E-state index contributed by atoms with van der Waals surface area (Å²) in [5.41, 5.74) is 0.151. The molecule has 2 rings (SSSR count). The monoisotopic (exact) mass is 345 g/mol. The molecule has 0 saturated heterocycles. The first-order chi connectivity index (χ1) is 9.51. The van der Waals surface area contributed by atoms with Crippen LogP contribution in [-0.2, 0) is 0 Å². The SMILES string of the molecule is CNC1CCC(Nc2cc(F)c(Br)cc2[N+](=O)[O-])CC1. The summed E-state index contributed by atoms with van der Waals surface area (Å²) in [5.74, 6) is -0.498. The maximum atomic E-state index is 13.6. The summed E-state index contributed by atoms with van der Waals surface area (Å²) in [4.78, 5) is 10.5. The van der Waals surface area contributed by atoms with Gasteiger partial charge in [-0.2, -0.15) is 0 Å². The molecule has 1 saturated carbocycles. The van der Waals surface area contributed by atoms with E-state index in [2.05, 4.69) is 26.6 Å². The molecule has 0 radical (unpaired) electrons. The van der Waals surface area contributed by atoms with Gasteiger partial charge in [0, 0.05) is 24.2 Å². The Labute approximate surface area is 125 Å². The summed E-state index contributed by atoms with van der Waals surface area (Å²) >= 11 is 2.98. The predicted molar refractivity (Wildman–Crippen MR) is 79.5 cm³/mol. The molecule has 2 N–H and O–H groups in total.